The van der Waals surface area contributed by atoms with Crippen molar-refractivity contribution in [1.29, 1.82) is 0 Å². The van der Waals surface area contributed by atoms with Crippen molar-refractivity contribution in [2.75, 3.05) is 7.11 Å². The minimum Gasteiger partial charge on any atom is -0.469 e. The Balaban J connectivity index is 2.09. The molecule has 1 fully saturated rings. The molecule has 0 aliphatic heterocycles. The minimum atomic E-state index is -0.363. The van der Waals surface area contributed by atoms with Crippen molar-refractivity contribution in [3.05, 3.63) is 34.9 Å². The number of carbonyl (C=O) groups excluding carboxylic acids is 2. The fraction of sp³-hybridized carbons (Fsp3) is 0.429. The molecule has 102 valence electrons. The zero-order chi connectivity index (χ0) is 13.8. The summed E-state index contributed by atoms with van der Waals surface area (Å²) in [4.78, 5) is 23.3. The molecule has 1 aliphatic rings. The zero-order valence-corrected chi connectivity index (χ0v) is 11.4. The Morgan fingerprint density at radius 3 is 2.53 bits per heavy atom. The molecule has 0 bridgehead atoms. The summed E-state index contributed by atoms with van der Waals surface area (Å²) < 4.78 is 4.67. The van der Waals surface area contributed by atoms with E-state index in [1.807, 2.05) is 12.1 Å². The molecule has 1 aromatic carbocycles. The highest BCUT2D eigenvalue weighted by atomic mass is 35.5. The van der Waals surface area contributed by atoms with Crippen LogP contribution < -0.4 is 5.32 Å². The van der Waals surface area contributed by atoms with E-state index in [0.29, 0.717) is 5.02 Å². The zero-order valence-electron chi connectivity index (χ0n) is 10.7. The van der Waals surface area contributed by atoms with Gasteiger partial charge >= 0.3 is 5.97 Å². The van der Waals surface area contributed by atoms with Gasteiger partial charge in [0.1, 0.15) is 0 Å². The van der Waals surface area contributed by atoms with Gasteiger partial charge in [0.2, 0.25) is 5.91 Å². The summed E-state index contributed by atoms with van der Waals surface area (Å²) in [6, 6.07) is 6.74. The van der Waals surface area contributed by atoms with Crippen LogP contribution in [0.3, 0.4) is 0 Å². The summed E-state index contributed by atoms with van der Waals surface area (Å²) in [5, 5.41) is 3.52. The standard InChI is InChI=1S/C14H16ClNO3/c1-19-13(17)8-12(16-14(18)10-2-3-10)9-4-6-11(15)7-5-9/h4-7,10,12H,2-3,8H2,1H3,(H,16,18)/t12-/m0/s1. The molecule has 0 aromatic heterocycles. The number of nitrogens with one attached hydrogen (secondary N) is 1. The van der Waals surface area contributed by atoms with Crippen LogP contribution in [0.5, 0.6) is 0 Å². The van der Waals surface area contributed by atoms with E-state index in [-0.39, 0.29) is 30.3 Å². The van der Waals surface area contributed by atoms with Gasteiger partial charge in [0.05, 0.1) is 19.6 Å². The van der Waals surface area contributed by atoms with Crippen LogP contribution >= 0.6 is 11.6 Å². The van der Waals surface area contributed by atoms with E-state index < -0.39 is 0 Å². The molecule has 19 heavy (non-hydrogen) atoms. The highest BCUT2D eigenvalue weighted by Crippen LogP contribution is 2.30. The maximum Gasteiger partial charge on any atom is 0.307 e. The molecule has 1 N–H and O–H groups in total. The molecular formula is C14H16ClNO3. The topological polar surface area (TPSA) is 55.4 Å². The number of esters is 1. The molecular weight excluding hydrogens is 266 g/mol. The van der Waals surface area contributed by atoms with Crippen LogP contribution in [0.2, 0.25) is 5.02 Å². The van der Waals surface area contributed by atoms with E-state index in [9.17, 15) is 9.59 Å². The first kappa shape index (κ1) is 13.9. The number of halogens is 1. The maximum absolute atomic E-state index is 11.8. The lowest BCUT2D eigenvalue weighted by Gasteiger charge is -2.18. The summed E-state index contributed by atoms with van der Waals surface area (Å²) in [6.45, 7) is 0. The lowest BCUT2D eigenvalue weighted by atomic mass is 10.0. The number of rotatable bonds is 5. The first-order valence-electron chi connectivity index (χ1n) is 6.23. The SMILES string of the molecule is COC(=O)C[C@H](NC(=O)C1CC1)c1ccc(Cl)cc1. The molecule has 0 unspecified atom stereocenters. The molecule has 0 radical (unpaired) electrons. The van der Waals surface area contributed by atoms with Crippen molar-refractivity contribution in [3.63, 3.8) is 0 Å². The van der Waals surface area contributed by atoms with Gasteiger partial charge in [-0.1, -0.05) is 23.7 Å². The Labute approximate surface area is 117 Å². The van der Waals surface area contributed by atoms with Crippen molar-refractivity contribution < 1.29 is 14.3 Å². The smallest absolute Gasteiger partial charge is 0.307 e. The van der Waals surface area contributed by atoms with Crippen LogP contribution in [0.25, 0.3) is 0 Å². The van der Waals surface area contributed by atoms with Gasteiger partial charge in [0.25, 0.3) is 0 Å². The first-order valence-corrected chi connectivity index (χ1v) is 6.60. The van der Waals surface area contributed by atoms with E-state index >= 15 is 0 Å². The molecule has 0 heterocycles. The van der Waals surface area contributed by atoms with Gasteiger partial charge in [-0.2, -0.15) is 0 Å². The molecule has 1 aliphatic carbocycles. The summed E-state index contributed by atoms with van der Waals surface area (Å²) in [7, 11) is 1.34. The van der Waals surface area contributed by atoms with Crippen LogP contribution in [0.4, 0.5) is 0 Å². The van der Waals surface area contributed by atoms with E-state index in [4.69, 9.17) is 11.6 Å². The van der Waals surface area contributed by atoms with Crippen LogP contribution in [0.1, 0.15) is 30.9 Å². The largest absolute Gasteiger partial charge is 0.469 e. The number of carbonyl (C=O) groups is 2. The lowest BCUT2D eigenvalue weighted by Crippen LogP contribution is -2.31. The van der Waals surface area contributed by atoms with Crippen LogP contribution in [0, 0.1) is 5.92 Å². The van der Waals surface area contributed by atoms with Crippen molar-refractivity contribution >= 4 is 23.5 Å². The van der Waals surface area contributed by atoms with E-state index in [2.05, 4.69) is 10.1 Å². The Morgan fingerprint density at radius 2 is 2.00 bits per heavy atom. The number of hydrogen-bond donors (Lipinski definition) is 1. The molecule has 1 aromatic rings. The highest BCUT2D eigenvalue weighted by Gasteiger charge is 2.31. The average molecular weight is 282 g/mol. The van der Waals surface area contributed by atoms with E-state index in [1.54, 1.807) is 12.1 Å². The number of hydrogen-bond acceptors (Lipinski definition) is 3. The molecule has 1 atom stereocenters. The van der Waals surface area contributed by atoms with Crippen molar-refractivity contribution in [1.82, 2.24) is 5.32 Å². The third-order valence-electron chi connectivity index (χ3n) is 3.14. The summed E-state index contributed by atoms with van der Waals surface area (Å²) >= 11 is 5.84. The van der Waals surface area contributed by atoms with Crippen molar-refractivity contribution in [3.8, 4) is 0 Å². The second-order valence-electron chi connectivity index (χ2n) is 4.67. The fourth-order valence-corrected chi connectivity index (χ4v) is 1.96. The van der Waals surface area contributed by atoms with E-state index in [1.165, 1.54) is 7.11 Å². The monoisotopic (exact) mass is 281 g/mol. The molecule has 1 amide bonds. The molecule has 0 spiro atoms. The third-order valence-corrected chi connectivity index (χ3v) is 3.39. The number of ether oxygens (including phenoxy) is 1. The second kappa shape index (κ2) is 6.06. The van der Waals surface area contributed by atoms with Crippen molar-refractivity contribution in [2.24, 2.45) is 5.92 Å². The average Bonchev–Trinajstić information content (AvgIpc) is 3.23. The maximum atomic E-state index is 11.8. The molecule has 4 nitrogen and oxygen atoms in total. The highest BCUT2D eigenvalue weighted by molar-refractivity contribution is 6.30. The quantitative estimate of drug-likeness (QED) is 0.844. The second-order valence-corrected chi connectivity index (χ2v) is 5.10. The molecule has 1 saturated carbocycles. The van der Waals surface area contributed by atoms with Gasteiger partial charge in [-0.3, -0.25) is 9.59 Å². The van der Waals surface area contributed by atoms with Crippen LogP contribution in [0.15, 0.2) is 24.3 Å². The normalized spacial score (nSPS) is 15.7. The predicted molar refractivity (Wildman–Crippen MR) is 71.7 cm³/mol. The van der Waals surface area contributed by atoms with Crippen LogP contribution in [-0.4, -0.2) is 19.0 Å². The predicted octanol–water partition coefficient (Wildman–Crippen LogP) is 2.47. The Hall–Kier alpha value is -1.55. The molecule has 0 saturated heterocycles. The van der Waals surface area contributed by atoms with Gasteiger partial charge in [-0.05, 0) is 30.5 Å². The van der Waals surface area contributed by atoms with Crippen molar-refractivity contribution in [2.45, 2.75) is 25.3 Å². The number of amides is 1. The Morgan fingerprint density at radius 1 is 1.37 bits per heavy atom. The van der Waals surface area contributed by atoms with Gasteiger partial charge in [0, 0.05) is 10.9 Å². The molecule has 5 heteroatoms. The number of benzene rings is 1. The van der Waals surface area contributed by atoms with Gasteiger partial charge in [-0.15, -0.1) is 0 Å². The van der Waals surface area contributed by atoms with E-state index in [0.717, 1.165) is 18.4 Å². The molecule has 2 rings (SSSR count). The van der Waals surface area contributed by atoms with Gasteiger partial charge < -0.3 is 10.1 Å². The van der Waals surface area contributed by atoms with Gasteiger partial charge in [0.15, 0.2) is 0 Å². The third kappa shape index (κ3) is 3.96. The van der Waals surface area contributed by atoms with Gasteiger partial charge in [-0.25, -0.2) is 0 Å². The first-order chi connectivity index (χ1) is 9.10. The Kier molecular flexibility index (Phi) is 4.43. The fourth-order valence-electron chi connectivity index (χ4n) is 1.83. The Bertz CT molecular complexity index is 468. The number of methoxy groups -OCH3 is 1. The summed E-state index contributed by atoms with van der Waals surface area (Å²) in [5.41, 5.74) is 0.851. The summed E-state index contributed by atoms with van der Waals surface area (Å²) in [6.07, 6.45) is 1.98. The minimum absolute atomic E-state index is 0.00357. The van der Waals surface area contributed by atoms with Crippen LogP contribution in [-0.2, 0) is 14.3 Å². The summed E-state index contributed by atoms with van der Waals surface area (Å²) in [5.74, 6) is -0.243. The lowest BCUT2D eigenvalue weighted by molar-refractivity contribution is -0.141.